The average molecular weight is 318 g/mol. The number of aliphatic carboxylic acids is 1. The number of carboxylic acids is 1. The molecule has 4 fully saturated rings. The fraction of sp³-hybridized carbons (Fsp3) is 0.900. The minimum absolute atomic E-state index is 0.110. The summed E-state index contributed by atoms with van der Waals surface area (Å²) in [5.41, 5.74) is 0.346. The molecule has 0 radical (unpaired) electrons. The summed E-state index contributed by atoms with van der Waals surface area (Å²) in [7, 11) is 0. The molecule has 0 heterocycles. The van der Waals surface area contributed by atoms with Gasteiger partial charge in [-0.3, -0.25) is 4.79 Å². The summed E-state index contributed by atoms with van der Waals surface area (Å²) >= 11 is 0. The first-order valence-electron chi connectivity index (χ1n) is 9.54. The third-order valence-corrected chi connectivity index (χ3v) is 8.77. The van der Waals surface area contributed by atoms with Crippen molar-refractivity contribution >= 4 is 12.3 Å². The first-order valence-corrected chi connectivity index (χ1v) is 9.54. The molecule has 1 N–H and O–H groups in total. The molecule has 4 aliphatic carbocycles. The molecule has 3 nitrogen and oxygen atoms in total. The predicted molar refractivity (Wildman–Crippen MR) is 87.9 cm³/mol. The van der Waals surface area contributed by atoms with Gasteiger partial charge < -0.3 is 9.90 Å². The van der Waals surface area contributed by atoms with Crippen LogP contribution in [0.2, 0.25) is 0 Å². The number of carbonyl (C=O) groups excluding carboxylic acids is 1. The Morgan fingerprint density at radius 2 is 1.83 bits per heavy atom. The summed E-state index contributed by atoms with van der Waals surface area (Å²) in [5, 5.41) is 9.62. The molecule has 2 bridgehead atoms. The summed E-state index contributed by atoms with van der Waals surface area (Å²) in [4.78, 5) is 23.5. The lowest BCUT2D eigenvalue weighted by atomic mass is 9.41. The van der Waals surface area contributed by atoms with Gasteiger partial charge in [-0.1, -0.05) is 20.3 Å². The average Bonchev–Trinajstić information content (AvgIpc) is 2.78. The van der Waals surface area contributed by atoms with Crippen LogP contribution in [-0.2, 0) is 9.59 Å². The van der Waals surface area contributed by atoms with E-state index in [-0.39, 0.29) is 22.2 Å². The number of rotatable bonds is 2. The van der Waals surface area contributed by atoms with Crippen molar-refractivity contribution < 1.29 is 14.7 Å². The molecule has 0 aromatic heterocycles. The van der Waals surface area contributed by atoms with Crippen LogP contribution >= 0.6 is 0 Å². The molecule has 4 saturated carbocycles. The second-order valence-corrected chi connectivity index (χ2v) is 9.68. The molecule has 0 aliphatic heterocycles. The van der Waals surface area contributed by atoms with E-state index in [2.05, 4.69) is 13.8 Å². The van der Waals surface area contributed by atoms with Crippen LogP contribution in [0.3, 0.4) is 0 Å². The molecule has 1 spiro atoms. The standard InChI is InChI=1S/C20H30O3/c1-18(12-21)7-3-8-19(2)15(18)6-9-20-10-13(4-5-16(19)20)14(11-20)17(22)23/h12-16H,3-11H2,1-2H3,(H,22,23)/t13-,14-,15+,16+,18+,19-,20+/m1/s1. The minimum Gasteiger partial charge on any atom is -0.481 e. The number of fused-ring (bicyclic) bond motifs is 3. The Morgan fingerprint density at radius 1 is 1.04 bits per heavy atom. The molecular formula is C20H30O3. The molecule has 23 heavy (non-hydrogen) atoms. The van der Waals surface area contributed by atoms with E-state index in [1.165, 1.54) is 19.1 Å². The smallest absolute Gasteiger partial charge is 0.306 e. The SMILES string of the molecule is C[C@@]12CCC[C@@](C)(C=O)[C@@H]1CC[C@@]13C[C@@H](CC[C@H]12)[C@H](C(=O)O)C3. The van der Waals surface area contributed by atoms with Crippen LogP contribution in [0.25, 0.3) is 0 Å². The number of aldehydes is 1. The van der Waals surface area contributed by atoms with Crippen molar-refractivity contribution in [3.8, 4) is 0 Å². The third-order valence-electron chi connectivity index (χ3n) is 8.77. The molecule has 0 saturated heterocycles. The Kier molecular flexibility index (Phi) is 3.29. The Morgan fingerprint density at radius 3 is 2.52 bits per heavy atom. The maximum absolute atomic E-state index is 11.9. The van der Waals surface area contributed by atoms with Crippen molar-refractivity contribution in [1.82, 2.24) is 0 Å². The highest BCUT2D eigenvalue weighted by molar-refractivity contribution is 5.71. The molecule has 4 rings (SSSR count). The van der Waals surface area contributed by atoms with E-state index in [0.29, 0.717) is 17.8 Å². The largest absolute Gasteiger partial charge is 0.481 e. The van der Waals surface area contributed by atoms with Gasteiger partial charge in [-0.25, -0.2) is 0 Å². The van der Waals surface area contributed by atoms with Crippen LogP contribution in [0.4, 0.5) is 0 Å². The molecule has 0 aromatic rings. The summed E-state index contributed by atoms with van der Waals surface area (Å²) in [5.74, 6) is 0.860. The molecule has 3 heteroatoms. The summed E-state index contributed by atoms with van der Waals surface area (Å²) in [6.45, 7) is 4.62. The highest BCUT2D eigenvalue weighted by Gasteiger charge is 2.65. The number of carboxylic acid groups (broad SMARTS) is 1. The van der Waals surface area contributed by atoms with Crippen LogP contribution in [0.1, 0.15) is 71.6 Å². The Labute approximate surface area is 139 Å². The van der Waals surface area contributed by atoms with Gasteiger partial charge in [0, 0.05) is 5.41 Å². The van der Waals surface area contributed by atoms with Crippen molar-refractivity contribution in [2.45, 2.75) is 71.6 Å². The monoisotopic (exact) mass is 318 g/mol. The second kappa shape index (κ2) is 4.83. The van der Waals surface area contributed by atoms with E-state index in [4.69, 9.17) is 0 Å². The van der Waals surface area contributed by atoms with Gasteiger partial charge in [-0.05, 0) is 80.0 Å². The summed E-state index contributed by atoms with van der Waals surface area (Å²) in [6.07, 6.45) is 11.3. The van der Waals surface area contributed by atoms with Crippen molar-refractivity contribution in [3.05, 3.63) is 0 Å². The molecule has 4 aliphatic rings. The van der Waals surface area contributed by atoms with E-state index in [1.807, 2.05) is 0 Å². The highest BCUT2D eigenvalue weighted by atomic mass is 16.4. The van der Waals surface area contributed by atoms with Gasteiger partial charge in [0.25, 0.3) is 0 Å². The van der Waals surface area contributed by atoms with Crippen molar-refractivity contribution in [2.24, 2.45) is 39.9 Å². The van der Waals surface area contributed by atoms with E-state index >= 15 is 0 Å². The van der Waals surface area contributed by atoms with Gasteiger partial charge >= 0.3 is 5.97 Å². The lowest BCUT2D eigenvalue weighted by molar-refractivity contribution is -0.157. The lowest BCUT2D eigenvalue weighted by Gasteiger charge is -2.63. The molecule has 0 unspecified atom stereocenters. The number of hydrogen-bond donors (Lipinski definition) is 1. The maximum atomic E-state index is 11.9. The Bertz CT molecular complexity index is 543. The zero-order valence-corrected chi connectivity index (χ0v) is 14.5. The van der Waals surface area contributed by atoms with Gasteiger partial charge in [-0.15, -0.1) is 0 Å². The zero-order valence-electron chi connectivity index (χ0n) is 14.5. The fourth-order valence-electron chi connectivity index (χ4n) is 7.92. The van der Waals surface area contributed by atoms with Crippen LogP contribution < -0.4 is 0 Å². The number of carbonyl (C=O) groups is 2. The molecule has 0 amide bonds. The van der Waals surface area contributed by atoms with E-state index in [1.54, 1.807) is 0 Å². The molecule has 128 valence electrons. The topological polar surface area (TPSA) is 54.4 Å². The highest BCUT2D eigenvalue weighted by Crippen LogP contribution is 2.72. The van der Waals surface area contributed by atoms with E-state index in [9.17, 15) is 14.7 Å². The number of hydrogen-bond acceptors (Lipinski definition) is 2. The minimum atomic E-state index is -0.568. The quantitative estimate of drug-likeness (QED) is 0.772. The normalized spacial score (nSPS) is 54.9. The van der Waals surface area contributed by atoms with Crippen LogP contribution in [0.15, 0.2) is 0 Å². The van der Waals surface area contributed by atoms with E-state index in [0.717, 1.165) is 44.9 Å². The Hall–Kier alpha value is -0.860. The van der Waals surface area contributed by atoms with Gasteiger partial charge in [0.2, 0.25) is 0 Å². The van der Waals surface area contributed by atoms with Crippen molar-refractivity contribution in [1.29, 1.82) is 0 Å². The fourth-order valence-corrected chi connectivity index (χ4v) is 7.92. The van der Waals surface area contributed by atoms with Crippen molar-refractivity contribution in [3.63, 3.8) is 0 Å². The van der Waals surface area contributed by atoms with Gasteiger partial charge in [0.1, 0.15) is 6.29 Å². The lowest BCUT2D eigenvalue weighted by Crippen LogP contribution is -2.56. The predicted octanol–water partition coefficient (Wildman–Crippen LogP) is 4.30. The summed E-state index contributed by atoms with van der Waals surface area (Å²) < 4.78 is 0. The second-order valence-electron chi connectivity index (χ2n) is 9.68. The van der Waals surface area contributed by atoms with Crippen LogP contribution in [-0.4, -0.2) is 17.4 Å². The maximum Gasteiger partial charge on any atom is 0.306 e. The van der Waals surface area contributed by atoms with Crippen LogP contribution in [0.5, 0.6) is 0 Å². The first kappa shape index (κ1) is 15.7. The van der Waals surface area contributed by atoms with Gasteiger partial charge in [0.05, 0.1) is 5.92 Å². The van der Waals surface area contributed by atoms with Crippen LogP contribution in [0, 0.1) is 39.9 Å². The first-order chi connectivity index (χ1) is 10.8. The molecule has 7 atom stereocenters. The Balaban J connectivity index is 1.71. The van der Waals surface area contributed by atoms with Crippen molar-refractivity contribution in [2.75, 3.05) is 0 Å². The molecule has 0 aromatic carbocycles. The van der Waals surface area contributed by atoms with Gasteiger partial charge in [0.15, 0.2) is 0 Å². The zero-order chi connectivity index (χ0) is 16.5. The third kappa shape index (κ3) is 1.94. The van der Waals surface area contributed by atoms with Gasteiger partial charge in [-0.2, -0.15) is 0 Å². The van der Waals surface area contributed by atoms with E-state index < -0.39 is 5.97 Å². The molecular weight excluding hydrogens is 288 g/mol. The summed E-state index contributed by atoms with van der Waals surface area (Å²) in [6, 6.07) is 0.